The van der Waals surface area contributed by atoms with Crippen molar-refractivity contribution in [1.82, 2.24) is 4.98 Å². The molecule has 9 rings (SSSR count). The van der Waals surface area contributed by atoms with Crippen molar-refractivity contribution in [1.29, 1.82) is 0 Å². The number of aromatic nitrogens is 1. The van der Waals surface area contributed by atoms with E-state index in [2.05, 4.69) is 143 Å². The Morgan fingerprint density at radius 3 is 1.87 bits per heavy atom. The van der Waals surface area contributed by atoms with Gasteiger partial charge in [0.2, 0.25) is 0 Å². The lowest BCUT2D eigenvalue weighted by Crippen LogP contribution is -2.09. The van der Waals surface area contributed by atoms with Gasteiger partial charge in [-0.05, 0) is 89.0 Å². The number of pyridine rings is 1. The monoisotopic (exact) mass is 594 g/mol. The van der Waals surface area contributed by atoms with Gasteiger partial charge in [-0.3, -0.25) is 4.98 Å². The summed E-state index contributed by atoms with van der Waals surface area (Å²) >= 11 is 1.82. The second-order valence-electron chi connectivity index (χ2n) is 11.3. The Kier molecular flexibility index (Phi) is 6.00. The van der Waals surface area contributed by atoms with E-state index in [-0.39, 0.29) is 0 Å². The summed E-state index contributed by atoms with van der Waals surface area (Å²) in [5.41, 5.74) is 9.82. The quantitative estimate of drug-likeness (QED) is 0.198. The maximum Gasteiger partial charge on any atom is 0.135 e. The smallest absolute Gasteiger partial charge is 0.135 e. The van der Waals surface area contributed by atoms with E-state index in [0.29, 0.717) is 0 Å². The van der Waals surface area contributed by atoms with E-state index in [4.69, 9.17) is 4.42 Å². The number of anilines is 3. The van der Waals surface area contributed by atoms with Gasteiger partial charge in [0, 0.05) is 60.4 Å². The average molecular weight is 595 g/mol. The molecule has 9 aromatic rings. The van der Waals surface area contributed by atoms with Crippen LogP contribution in [0.4, 0.5) is 17.1 Å². The number of benzene rings is 6. The van der Waals surface area contributed by atoms with Crippen LogP contribution in [0.2, 0.25) is 0 Å². The molecule has 4 heteroatoms. The SMILES string of the molecule is c1ccc(-c2ccc(N(c3ccc(-c4ccc5sc6ccncc6c5c4)cc3)c3ccc4oc5ccccc5c4c3)cc2)cc1. The highest BCUT2D eigenvalue weighted by molar-refractivity contribution is 7.25. The molecule has 0 amide bonds. The number of hydrogen-bond acceptors (Lipinski definition) is 4. The maximum atomic E-state index is 6.16. The molecule has 0 N–H and O–H groups in total. The number of fused-ring (bicyclic) bond motifs is 6. The molecule has 0 aliphatic rings. The number of nitrogens with zero attached hydrogens (tertiary/aromatic N) is 2. The van der Waals surface area contributed by atoms with E-state index >= 15 is 0 Å². The molecule has 6 aromatic carbocycles. The number of thiophene rings is 1. The summed E-state index contributed by atoms with van der Waals surface area (Å²) in [6, 6.07) is 51.8. The normalized spacial score (nSPS) is 11.6. The molecule has 0 aliphatic carbocycles. The molecule has 0 saturated carbocycles. The third kappa shape index (κ3) is 4.46. The summed E-state index contributed by atoms with van der Waals surface area (Å²) in [6.07, 6.45) is 3.84. The third-order valence-electron chi connectivity index (χ3n) is 8.58. The Balaban J connectivity index is 1.15. The molecule has 0 atom stereocenters. The van der Waals surface area contributed by atoms with Crippen molar-refractivity contribution in [2.75, 3.05) is 4.90 Å². The maximum absolute atomic E-state index is 6.16. The van der Waals surface area contributed by atoms with E-state index in [1.165, 1.54) is 42.4 Å². The van der Waals surface area contributed by atoms with Gasteiger partial charge in [-0.1, -0.05) is 78.9 Å². The third-order valence-corrected chi connectivity index (χ3v) is 9.73. The zero-order chi connectivity index (χ0) is 29.7. The zero-order valence-corrected chi connectivity index (χ0v) is 25.0. The van der Waals surface area contributed by atoms with Crippen LogP contribution >= 0.6 is 11.3 Å². The van der Waals surface area contributed by atoms with E-state index in [1.807, 2.05) is 35.9 Å². The lowest BCUT2D eigenvalue weighted by molar-refractivity contribution is 0.669. The Hall–Kier alpha value is -5.71. The second-order valence-corrected chi connectivity index (χ2v) is 12.3. The van der Waals surface area contributed by atoms with Gasteiger partial charge in [0.15, 0.2) is 0 Å². The van der Waals surface area contributed by atoms with Crippen molar-refractivity contribution in [3.05, 3.63) is 158 Å². The first-order valence-corrected chi connectivity index (χ1v) is 15.8. The zero-order valence-electron chi connectivity index (χ0n) is 24.2. The minimum Gasteiger partial charge on any atom is -0.456 e. The molecule has 0 bridgehead atoms. The Bertz CT molecular complexity index is 2480. The van der Waals surface area contributed by atoms with Crippen LogP contribution in [0.1, 0.15) is 0 Å². The minimum atomic E-state index is 0.890. The van der Waals surface area contributed by atoms with Gasteiger partial charge < -0.3 is 9.32 Å². The van der Waals surface area contributed by atoms with Gasteiger partial charge in [-0.25, -0.2) is 0 Å². The van der Waals surface area contributed by atoms with Crippen LogP contribution in [0.5, 0.6) is 0 Å². The summed E-state index contributed by atoms with van der Waals surface area (Å²) < 4.78 is 8.71. The molecule has 45 heavy (non-hydrogen) atoms. The Labute approximate surface area is 264 Å². The van der Waals surface area contributed by atoms with Crippen LogP contribution in [0.3, 0.4) is 0 Å². The summed E-state index contributed by atoms with van der Waals surface area (Å²) in [7, 11) is 0. The van der Waals surface area contributed by atoms with Crippen molar-refractivity contribution >= 4 is 70.5 Å². The standard InChI is InChI=1S/C41H26N2OS/c1-2-6-27(7-3-1)28-10-15-31(16-11-28)43(33-19-20-39-35(25-33)34-8-4-5-9-38(34)44-39)32-17-12-29(13-18-32)30-14-21-40-36(24-30)37-26-42-23-22-41(37)45-40/h1-26H. The van der Waals surface area contributed by atoms with Crippen molar-refractivity contribution in [3.8, 4) is 22.3 Å². The van der Waals surface area contributed by atoms with Gasteiger partial charge in [-0.2, -0.15) is 0 Å². The highest BCUT2D eigenvalue weighted by atomic mass is 32.1. The van der Waals surface area contributed by atoms with Gasteiger partial charge in [0.05, 0.1) is 0 Å². The van der Waals surface area contributed by atoms with Crippen LogP contribution < -0.4 is 4.90 Å². The van der Waals surface area contributed by atoms with Crippen LogP contribution in [0.15, 0.2) is 162 Å². The fourth-order valence-electron chi connectivity index (χ4n) is 6.34. The Morgan fingerprint density at radius 2 is 1.07 bits per heavy atom. The topological polar surface area (TPSA) is 29.3 Å². The minimum absolute atomic E-state index is 0.890. The van der Waals surface area contributed by atoms with Gasteiger partial charge in [-0.15, -0.1) is 11.3 Å². The van der Waals surface area contributed by atoms with Crippen LogP contribution in [0, 0.1) is 0 Å². The summed E-state index contributed by atoms with van der Waals surface area (Å²) in [5.74, 6) is 0. The van der Waals surface area contributed by atoms with E-state index in [9.17, 15) is 0 Å². The lowest BCUT2D eigenvalue weighted by atomic mass is 10.0. The molecule has 3 aromatic heterocycles. The van der Waals surface area contributed by atoms with Crippen molar-refractivity contribution in [3.63, 3.8) is 0 Å². The molecule has 0 saturated heterocycles. The molecule has 212 valence electrons. The highest BCUT2D eigenvalue weighted by Crippen LogP contribution is 2.41. The Morgan fingerprint density at radius 1 is 0.444 bits per heavy atom. The van der Waals surface area contributed by atoms with Crippen LogP contribution in [-0.2, 0) is 0 Å². The molecule has 0 aliphatic heterocycles. The lowest BCUT2D eigenvalue weighted by Gasteiger charge is -2.26. The predicted octanol–water partition coefficient (Wildman–Crippen LogP) is 12.2. The molecule has 0 spiro atoms. The van der Waals surface area contributed by atoms with Crippen LogP contribution in [0.25, 0.3) is 64.4 Å². The second kappa shape index (κ2) is 10.5. The summed E-state index contributed by atoms with van der Waals surface area (Å²) in [4.78, 5) is 6.70. The van der Waals surface area contributed by atoms with E-state index < -0.39 is 0 Å². The molecule has 3 nitrogen and oxygen atoms in total. The fraction of sp³-hybridized carbons (Fsp3) is 0. The molecule has 0 fully saturated rings. The van der Waals surface area contributed by atoms with Crippen molar-refractivity contribution < 1.29 is 4.42 Å². The fourth-order valence-corrected chi connectivity index (χ4v) is 7.39. The largest absolute Gasteiger partial charge is 0.456 e. The molecular weight excluding hydrogens is 569 g/mol. The first kappa shape index (κ1) is 25.8. The first-order valence-electron chi connectivity index (χ1n) is 15.0. The molecular formula is C41H26N2OS. The summed E-state index contributed by atoms with van der Waals surface area (Å²) in [6.45, 7) is 0. The number of para-hydroxylation sites is 1. The first-order chi connectivity index (χ1) is 22.3. The van der Waals surface area contributed by atoms with E-state index in [1.54, 1.807) is 0 Å². The van der Waals surface area contributed by atoms with Gasteiger partial charge in [0.1, 0.15) is 11.2 Å². The average Bonchev–Trinajstić information content (AvgIpc) is 3.67. The van der Waals surface area contributed by atoms with Gasteiger partial charge in [0.25, 0.3) is 0 Å². The predicted molar refractivity (Wildman–Crippen MR) is 190 cm³/mol. The molecule has 0 unspecified atom stereocenters. The van der Waals surface area contributed by atoms with Crippen molar-refractivity contribution in [2.24, 2.45) is 0 Å². The molecule has 3 heterocycles. The summed E-state index contributed by atoms with van der Waals surface area (Å²) in [5, 5.41) is 4.70. The van der Waals surface area contributed by atoms with Gasteiger partial charge >= 0.3 is 0 Å². The number of rotatable bonds is 5. The van der Waals surface area contributed by atoms with E-state index in [0.717, 1.165) is 39.0 Å². The highest BCUT2D eigenvalue weighted by Gasteiger charge is 2.16. The molecule has 0 radical (unpaired) electrons. The van der Waals surface area contributed by atoms with Crippen LogP contribution in [-0.4, -0.2) is 4.98 Å². The number of furan rings is 1. The number of hydrogen-bond donors (Lipinski definition) is 0. The van der Waals surface area contributed by atoms with Crippen molar-refractivity contribution in [2.45, 2.75) is 0 Å².